The zero-order valence-corrected chi connectivity index (χ0v) is 6.10. The van der Waals surface area contributed by atoms with Gasteiger partial charge in [0.25, 0.3) is 0 Å². The maximum atomic E-state index is 5.78. The van der Waals surface area contributed by atoms with Crippen molar-refractivity contribution in [1.82, 2.24) is 0 Å². The summed E-state index contributed by atoms with van der Waals surface area (Å²) in [7, 11) is 0. The van der Waals surface area contributed by atoms with Gasteiger partial charge in [-0.2, -0.15) is 0 Å². The van der Waals surface area contributed by atoms with Gasteiger partial charge in [-0.3, -0.25) is 4.99 Å². The lowest BCUT2D eigenvalue weighted by Gasteiger charge is -2.04. The van der Waals surface area contributed by atoms with Crippen LogP contribution in [0.2, 0.25) is 0 Å². The van der Waals surface area contributed by atoms with E-state index in [0.717, 1.165) is 22.7 Å². The van der Waals surface area contributed by atoms with Crippen LogP contribution in [0.5, 0.6) is 0 Å². The molecule has 0 atom stereocenters. The van der Waals surface area contributed by atoms with E-state index in [2.05, 4.69) is 4.99 Å². The predicted octanol–water partition coefficient (Wildman–Crippen LogP) is 2.41. The number of fused-ring (bicyclic) bond motifs is 1. The molecule has 1 aliphatic heterocycles. The lowest BCUT2D eigenvalue weighted by atomic mass is 10.0. The summed E-state index contributed by atoms with van der Waals surface area (Å²) in [6.45, 7) is 0. The summed E-state index contributed by atoms with van der Waals surface area (Å²) < 4.78 is 0. The monoisotopic (exact) mass is 151 g/mol. The minimum atomic E-state index is 0.820. The molecule has 0 aromatic rings. The van der Waals surface area contributed by atoms with Gasteiger partial charge < -0.3 is 0 Å². The van der Waals surface area contributed by atoms with E-state index in [4.69, 9.17) is 11.6 Å². The third-order valence-corrected chi connectivity index (χ3v) is 1.86. The fourth-order valence-corrected chi connectivity index (χ4v) is 1.28. The lowest BCUT2D eigenvalue weighted by Crippen LogP contribution is -1.99. The summed E-state index contributed by atoms with van der Waals surface area (Å²) >= 11 is 5.78. The number of nitrogens with zero attached hydrogens (tertiary/aromatic N) is 1. The van der Waals surface area contributed by atoms with Crippen molar-refractivity contribution in [2.75, 3.05) is 0 Å². The van der Waals surface area contributed by atoms with Crippen LogP contribution in [0, 0.1) is 0 Å². The molecule has 50 valence electrons. The molecule has 10 heavy (non-hydrogen) atoms. The van der Waals surface area contributed by atoms with Crippen LogP contribution in [0.4, 0.5) is 0 Å². The third-order valence-electron chi connectivity index (χ3n) is 1.60. The van der Waals surface area contributed by atoms with Crippen LogP contribution in [0.15, 0.2) is 40.0 Å². The van der Waals surface area contributed by atoms with Crippen molar-refractivity contribution in [3.05, 3.63) is 35.0 Å². The Morgan fingerprint density at radius 2 is 2.40 bits per heavy atom. The Balaban J connectivity index is 2.43. The van der Waals surface area contributed by atoms with Gasteiger partial charge in [0.1, 0.15) is 0 Å². The topological polar surface area (TPSA) is 12.4 Å². The molecule has 0 bridgehead atoms. The Labute approximate surface area is 64.4 Å². The van der Waals surface area contributed by atoms with Gasteiger partial charge in [0.15, 0.2) is 0 Å². The van der Waals surface area contributed by atoms with Crippen molar-refractivity contribution >= 4 is 17.3 Å². The first-order valence-corrected chi connectivity index (χ1v) is 3.55. The molecule has 0 spiro atoms. The Kier molecular flexibility index (Phi) is 1.24. The van der Waals surface area contributed by atoms with Crippen molar-refractivity contribution in [2.45, 2.75) is 6.42 Å². The van der Waals surface area contributed by atoms with Crippen LogP contribution in [-0.2, 0) is 0 Å². The van der Waals surface area contributed by atoms with E-state index in [1.54, 1.807) is 0 Å². The van der Waals surface area contributed by atoms with Crippen LogP contribution >= 0.6 is 11.6 Å². The van der Waals surface area contributed by atoms with Crippen LogP contribution < -0.4 is 0 Å². The van der Waals surface area contributed by atoms with Crippen molar-refractivity contribution in [3.63, 3.8) is 0 Å². The molecule has 0 fully saturated rings. The van der Waals surface area contributed by atoms with Crippen molar-refractivity contribution in [3.8, 4) is 0 Å². The predicted molar refractivity (Wildman–Crippen MR) is 43.2 cm³/mol. The standard InChI is InChI=1S/C8H6ClN/c9-7-1-2-8-6(5-7)3-4-10-8/h1,3-5H,2H2. The molecule has 1 heterocycles. The zero-order valence-electron chi connectivity index (χ0n) is 5.34. The smallest absolute Gasteiger partial charge is 0.0515 e. The average molecular weight is 152 g/mol. The van der Waals surface area contributed by atoms with E-state index in [9.17, 15) is 0 Å². The quantitative estimate of drug-likeness (QED) is 0.504. The van der Waals surface area contributed by atoms with E-state index in [1.165, 1.54) is 0 Å². The summed E-state index contributed by atoms with van der Waals surface area (Å²) in [6.07, 6.45) is 8.57. The van der Waals surface area contributed by atoms with E-state index in [0.29, 0.717) is 0 Å². The average Bonchev–Trinajstić information content (AvgIpc) is 2.33. The second-order valence-electron chi connectivity index (χ2n) is 2.28. The summed E-state index contributed by atoms with van der Waals surface area (Å²) in [5.74, 6) is 0. The fourth-order valence-electron chi connectivity index (χ4n) is 1.08. The fraction of sp³-hybridized carbons (Fsp3) is 0.125. The van der Waals surface area contributed by atoms with Gasteiger partial charge in [-0.25, -0.2) is 0 Å². The number of hydrogen-bond donors (Lipinski definition) is 0. The highest BCUT2D eigenvalue weighted by molar-refractivity contribution is 6.32. The normalized spacial score (nSPS) is 21.5. The van der Waals surface area contributed by atoms with E-state index >= 15 is 0 Å². The molecule has 0 aromatic heterocycles. The summed E-state index contributed by atoms with van der Waals surface area (Å²) in [6, 6.07) is 0. The Morgan fingerprint density at radius 1 is 1.50 bits per heavy atom. The molecular weight excluding hydrogens is 146 g/mol. The van der Waals surface area contributed by atoms with Crippen molar-refractivity contribution in [1.29, 1.82) is 0 Å². The molecule has 2 heteroatoms. The summed E-state index contributed by atoms with van der Waals surface area (Å²) in [5, 5.41) is 0.820. The van der Waals surface area contributed by atoms with E-state index in [-0.39, 0.29) is 0 Å². The van der Waals surface area contributed by atoms with Gasteiger partial charge in [-0.1, -0.05) is 17.7 Å². The van der Waals surface area contributed by atoms with Crippen molar-refractivity contribution < 1.29 is 0 Å². The molecule has 0 aromatic carbocycles. The largest absolute Gasteiger partial charge is 0.260 e. The van der Waals surface area contributed by atoms with E-state index in [1.807, 2.05) is 24.4 Å². The molecule has 1 nitrogen and oxygen atoms in total. The minimum Gasteiger partial charge on any atom is -0.260 e. The second-order valence-corrected chi connectivity index (χ2v) is 2.72. The number of rotatable bonds is 0. The molecule has 0 radical (unpaired) electrons. The van der Waals surface area contributed by atoms with Crippen LogP contribution in [-0.4, -0.2) is 5.71 Å². The highest BCUT2D eigenvalue weighted by Gasteiger charge is 2.11. The highest BCUT2D eigenvalue weighted by Crippen LogP contribution is 2.22. The zero-order chi connectivity index (χ0) is 6.97. The molecule has 0 saturated heterocycles. The molecule has 2 rings (SSSR count). The van der Waals surface area contributed by atoms with Crippen LogP contribution in [0.3, 0.4) is 0 Å². The van der Waals surface area contributed by atoms with E-state index < -0.39 is 0 Å². The molecular formula is C8H6ClN. The summed E-state index contributed by atoms with van der Waals surface area (Å²) in [4.78, 5) is 4.16. The van der Waals surface area contributed by atoms with Gasteiger partial charge >= 0.3 is 0 Å². The molecule has 2 aliphatic rings. The Hall–Kier alpha value is -0.820. The first-order chi connectivity index (χ1) is 4.86. The van der Waals surface area contributed by atoms with Gasteiger partial charge in [-0.05, 0) is 17.7 Å². The van der Waals surface area contributed by atoms with Gasteiger partial charge in [-0.15, -0.1) is 0 Å². The molecule has 0 amide bonds. The highest BCUT2D eigenvalue weighted by atomic mass is 35.5. The van der Waals surface area contributed by atoms with Gasteiger partial charge in [0.05, 0.1) is 5.71 Å². The Morgan fingerprint density at radius 3 is 3.30 bits per heavy atom. The second kappa shape index (κ2) is 2.10. The summed E-state index contributed by atoms with van der Waals surface area (Å²) in [5.41, 5.74) is 2.29. The first kappa shape index (κ1) is 5.93. The lowest BCUT2D eigenvalue weighted by molar-refractivity contribution is 1.40. The Bertz CT molecular complexity index is 282. The number of hydrogen-bond acceptors (Lipinski definition) is 1. The first-order valence-electron chi connectivity index (χ1n) is 3.17. The maximum Gasteiger partial charge on any atom is 0.0515 e. The third kappa shape index (κ3) is 0.830. The number of aliphatic imine (C=N–C) groups is 1. The minimum absolute atomic E-state index is 0.820. The van der Waals surface area contributed by atoms with Crippen LogP contribution in [0.25, 0.3) is 0 Å². The maximum absolute atomic E-state index is 5.78. The van der Waals surface area contributed by atoms with Crippen molar-refractivity contribution in [2.24, 2.45) is 4.99 Å². The number of allylic oxidation sites excluding steroid dienone is 5. The molecule has 1 aliphatic carbocycles. The van der Waals surface area contributed by atoms with Gasteiger partial charge in [0, 0.05) is 17.7 Å². The molecule has 0 N–H and O–H groups in total. The molecule has 0 unspecified atom stereocenters. The molecule has 0 saturated carbocycles. The SMILES string of the molecule is ClC1=CCC2=NC=CC2=C1. The van der Waals surface area contributed by atoms with Gasteiger partial charge in [0.2, 0.25) is 0 Å². The van der Waals surface area contributed by atoms with Crippen LogP contribution in [0.1, 0.15) is 6.42 Å². The number of halogens is 1.